The van der Waals surface area contributed by atoms with E-state index in [1.165, 1.54) is 19.4 Å². The minimum Gasteiger partial charge on any atom is -0.478 e. The number of hydrogen-bond acceptors (Lipinski definition) is 7. The molecule has 0 atom stereocenters. The molecule has 0 saturated heterocycles. The summed E-state index contributed by atoms with van der Waals surface area (Å²) in [4.78, 5) is 49.1. The molecule has 2 rings (SSSR count). The maximum atomic E-state index is 10.9. The fourth-order valence-corrected chi connectivity index (χ4v) is 1.46. The van der Waals surface area contributed by atoms with E-state index in [1.807, 2.05) is 0 Å². The van der Waals surface area contributed by atoms with E-state index in [4.69, 9.17) is 15.3 Å². The Hall–Kier alpha value is -3.53. The number of carbonyl (C=O) groups excluding carboxylic acids is 1. The summed E-state index contributed by atoms with van der Waals surface area (Å²) < 4.78 is 4.40. The number of aromatic carboxylic acids is 3. The molecule has 10 nitrogen and oxygen atoms in total. The number of aromatic nitrogens is 2. The van der Waals surface area contributed by atoms with Gasteiger partial charge in [0.15, 0.2) is 0 Å². The van der Waals surface area contributed by atoms with E-state index in [0.29, 0.717) is 0 Å². The maximum absolute atomic E-state index is 10.9. The number of halogens is 1. The van der Waals surface area contributed by atoms with Gasteiger partial charge in [-0.15, -0.1) is 12.4 Å². The molecule has 0 spiro atoms. The van der Waals surface area contributed by atoms with Gasteiger partial charge in [0, 0.05) is 24.8 Å². The molecule has 2 aromatic rings. The van der Waals surface area contributed by atoms with Gasteiger partial charge in [0.2, 0.25) is 0 Å². The van der Waals surface area contributed by atoms with Crippen LogP contribution in [0.4, 0.5) is 0 Å². The predicted octanol–water partition coefficient (Wildman–Crippen LogP) is 1.47. The minimum absolute atomic E-state index is 0. The van der Waals surface area contributed by atoms with E-state index >= 15 is 0 Å². The van der Waals surface area contributed by atoms with Gasteiger partial charge >= 0.3 is 23.9 Å². The fraction of sp³-hybridized carbons (Fsp3) is 0.0667. The van der Waals surface area contributed by atoms with Crippen molar-refractivity contribution in [2.45, 2.75) is 0 Å². The molecule has 0 fully saturated rings. The number of rotatable bonds is 4. The zero-order valence-corrected chi connectivity index (χ0v) is 14.0. The van der Waals surface area contributed by atoms with Crippen LogP contribution in [0.1, 0.15) is 41.4 Å². The van der Waals surface area contributed by atoms with Crippen molar-refractivity contribution in [1.29, 1.82) is 0 Å². The van der Waals surface area contributed by atoms with Gasteiger partial charge in [-0.25, -0.2) is 19.2 Å². The molecule has 26 heavy (non-hydrogen) atoms. The summed E-state index contributed by atoms with van der Waals surface area (Å²) in [6.45, 7) is 0. The molecule has 2 heterocycles. The highest BCUT2D eigenvalue weighted by molar-refractivity contribution is 5.94. The van der Waals surface area contributed by atoms with Crippen molar-refractivity contribution < 1.29 is 39.2 Å². The number of carbonyl (C=O) groups is 4. The van der Waals surface area contributed by atoms with Crippen molar-refractivity contribution in [3.8, 4) is 0 Å². The highest BCUT2D eigenvalue weighted by Crippen LogP contribution is 2.04. The topological polar surface area (TPSA) is 164 Å². The van der Waals surface area contributed by atoms with Crippen LogP contribution in [-0.2, 0) is 4.74 Å². The van der Waals surface area contributed by atoms with E-state index < -0.39 is 23.9 Å². The third-order valence-corrected chi connectivity index (χ3v) is 2.64. The molecule has 3 N–H and O–H groups in total. The highest BCUT2D eigenvalue weighted by atomic mass is 35.5. The lowest BCUT2D eigenvalue weighted by atomic mass is 10.2. The van der Waals surface area contributed by atoms with Crippen LogP contribution in [0.3, 0.4) is 0 Å². The second kappa shape index (κ2) is 10.4. The second-order valence-corrected chi connectivity index (χ2v) is 4.33. The average molecular weight is 385 g/mol. The molecular formula is C15H13ClN2O8. The van der Waals surface area contributed by atoms with Crippen LogP contribution < -0.4 is 0 Å². The normalized spacial score (nSPS) is 8.96. The zero-order valence-electron chi connectivity index (χ0n) is 13.1. The Labute approximate surface area is 152 Å². The van der Waals surface area contributed by atoms with Crippen molar-refractivity contribution in [2.75, 3.05) is 7.11 Å². The monoisotopic (exact) mass is 384 g/mol. The standard InChI is InChI=1S/C8H7NO4.C7H5NO4.ClH/c1-13-8(12)6-2-5(7(10)11)3-9-4-6;9-6(10)4-1-5(7(11)12)3-8-2-4;/h2-4H,1H3,(H,10,11);1-3H,(H,9,10)(H,11,12);1H. The third kappa shape index (κ3) is 6.53. The molecular weight excluding hydrogens is 372 g/mol. The summed E-state index contributed by atoms with van der Waals surface area (Å²) in [5, 5.41) is 25.5. The van der Waals surface area contributed by atoms with Crippen molar-refractivity contribution >= 4 is 36.3 Å². The summed E-state index contributed by atoms with van der Waals surface area (Å²) in [7, 11) is 1.22. The summed E-state index contributed by atoms with van der Waals surface area (Å²) >= 11 is 0. The fourth-order valence-electron chi connectivity index (χ4n) is 1.46. The van der Waals surface area contributed by atoms with Crippen molar-refractivity contribution in [3.63, 3.8) is 0 Å². The Morgan fingerprint density at radius 2 is 1.04 bits per heavy atom. The number of ether oxygens (including phenoxy) is 1. The van der Waals surface area contributed by atoms with Crippen LogP contribution in [0, 0.1) is 0 Å². The lowest BCUT2D eigenvalue weighted by molar-refractivity contribution is 0.0598. The van der Waals surface area contributed by atoms with Gasteiger partial charge in [-0.3, -0.25) is 9.97 Å². The Morgan fingerprint density at radius 1 is 0.731 bits per heavy atom. The molecule has 0 saturated carbocycles. The van der Waals surface area contributed by atoms with Crippen LogP contribution >= 0.6 is 12.4 Å². The largest absolute Gasteiger partial charge is 0.478 e. The molecule has 11 heteroatoms. The maximum Gasteiger partial charge on any atom is 0.339 e. The number of hydrogen-bond donors (Lipinski definition) is 3. The Morgan fingerprint density at radius 3 is 1.35 bits per heavy atom. The first-order valence-corrected chi connectivity index (χ1v) is 6.44. The Kier molecular flexibility index (Phi) is 8.95. The SMILES string of the molecule is COC(=O)c1cncc(C(=O)O)c1.Cl.O=C(O)c1cncc(C(=O)O)c1. The first kappa shape index (κ1) is 22.5. The number of carboxylic acid groups (broad SMARTS) is 3. The summed E-state index contributed by atoms with van der Waals surface area (Å²) in [6.07, 6.45) is 4.59. The van der Waals surface area contributed by atoms with E-state index in [1.54, 1.807) is 0 Å². The van der Waals surface area contributed by atoms with Crippen molar-refractivity contribution in [2.24, 2.45) is 0 Å². The smallest absolute Gasteiger partial charge is 0.339 e. The summed E-state index contributed by atoms with van der Waals surface area (Å²) in [5.74, 6) is -4.11. The molecule has 0 amide bonds. The van der Waals surface area contributed by atoms with Crippen LogP contribution in [0.15, 0.2) is 36.9 Å². The molecule has 0 unspecified atom stereocenters. The molecule has 0 aliphatic rings. The molecule has 0 bridgehead atoms. The van der Waals surface area contributed by atoms with E-state index in [0.717, 1.165) is 24.7 Å². The van der Waals surface area contributed by atoms with Crippen LogP contribution in [0.2, 0.25) is 0 Å². The van der Waals surface area contributed by atoms with Gasteiger partial charge in [-0.2, -0.15) is 0 Å². The minimum atomic E-state index is -1.19. The lowest BCUT2D eigenvalue weighted by Gasteiger charge is -1.98. The first-order valence-electron chi connectivity index (χ1n) is 6.44. The van der Waals surface area contributed by atoms with Gasteiger partial charge in [0.25, 0.3) is 0 Å². The Bertz CT molecular complexity index is 796. The molecule has 2 aromatic heterocycles. The molecule has 0 aliphatic carbocycles. The van der Waals surface area contributed by atoms with Crippen LogP contribution in [-0.4, -0.2) is 56.3 Å². The molecule has 0 aromatic carbocycles. The summed E-state index contributed by atoms with van der Waals surface area (Å²) in [5.41, 5.74) is -0.171. The van der Waals surface area contributed by atoms with Gasteiger partial charge in [0.1, 0.15) is 0 Å². The van der Waals surface area contributed by atoms with Gasteiger partial charge in [-0.1, -0.05) is 0 Å². The predicted molar refractivity (Wildman–Crippen MR) is 87.9 cm³/mol. The van der Waals surface area contributed by atoms with E-state index in [-0.39, 0.29) is 34.7 Å². The molecule has 0 radical (unpaired) electrons. The van der Waals surface area contributed by atoms with Crippen LogP contribution in [0.5, 0.6) is 0 Å². The summed E-state index contributed by atoms with van der Waals surface area (Å²) in [6, 6.07) is 2.26. The van der Waals surface area contributed by atoms with Gasteiger partial charge in [-0.05, 0) is 12.1 Å². The Balaban J connectivity index is 0.000000464. The van der Waals surface area contributed by atoms with Gasteiger partial charge < -0.3 is 20.1 Å². The number of pyridine rings is 2. The van der Waals surface area contributed by atoms with Crippen LogP contribution in [0.25, 0.3) is 0 Å². The number of carboxylic acids is 3. The van der Waals surface area contributed by atoms with Crippen molar-refractivity contribution in [1.82, 2.24) is 9.97 Å². The first-order chi connectivity index (χ1) is 11.8. The number of methoxy groups -OCH3 is 1. The molecule has 0 aliphatic heterocycles. The van der Waals surface area contributed by atoms with E-state index in [9.17, 15) is 19.2 Å². The second-order valence-electron chi connectivity index (χ2n) is 4.33. The third-order valence-electron chi connectivity index (χ3n) is 2.64. The van der Waals surface area contributed by atoms with Crippen molar-refractivity contribution in [3.05, 3.63) is 59.2 Å². The number of esters is 1. The lowest BCUT2D eigenvalue weighted by Crippen LogP contribution is -2.05. The zero-order chi connectivity index (χ0) is 19.0. The molecule has 138 valence electrons. The van der Waals surface area contributed by atoms with Gasteiger partial charge in [0.05, 0.1) is 29.4 Å². The number of nitrogens with zero attached hydrogens (tertiary/aromatic N) is 2. The average Bonchev–Trinajstić information content (AvgIpc) is 2.61. The van der Waals surface area contributed by atoms with E-state index in [2.05, 4.69) is 14.7 Å². The highest BCUT2D eigenvalue weighted by Gasteiger charge is 2.10. The quantitative estimate of drug-likeness (QED) is 0.657.